The Morgan fingerprint density at radius 3 is 2.96 bits per heavy atom. The van der Waals surface area contributed by atoms with E-state index in [1.54, 1.807) is 18.5 Å². The number of likely N-dealkylation sites (tertiary alicyclic amines) is 1. The zero-order valence-electron chi connectivity index (χ0n) is 14.0. The standard InChI is InChI=1S/C18H21N5O/c1-18(2,15-6-3-5-14(9-15)10-19)17(24)22-8-4-7-16(11-22)23-13-20-12-21-23/h3,5-6,9,12-13,16H,4,7-8,11H2,1-2H3/t16-/m1/s1. The van der Waals surface area contributed by atoms with Crippen molar-refractivity contribution >= 4 is 5.91 Å². The summed E-state index contributed by atoms with van der Waals surface area (Å²) in [5, 5.41) is 13.3. The number of nitrogens with zero attached hydrogens (tertiary/aromatic N) is 5. The molecule has 6 nitrogen and oxygen atoms in total. The van der Waals surface area contributed by atoms with E-state index in [1.165, 1.54) is 6.33 Å². The first-order chi connectivity index (χ1) is 11.5. The fraction of sp³-hybridized carbons (Fsp3) is 0.444. The van der Waals surface area contributed by atoms with Gasteiger partial charge in [-0.3, -0.25) is 4.79 Å². The second-order valence-electron chi connectivity index (χ2n) is 6.74. The number of nitriles is 1. The lowest BCUT2D eigenvalue weighted by atomic mass is 9.82. The second-order valence-corrected chi connectivity index (χ2v) is 6.74. The van der Waals surface area contributed by atoms with Crippen molar-refractivity contribution in [1.29, 1.82) is 5.26 Å². The van der Waals surface area contributed by atoms with E-state index < -0.39 is 5.41 Å². The third kappa shape index (κ3) is 3.02. The Hall–Kier alpha value is -2.68. The van der Waals surface area contributed by atoms with Crippen molar-refractivity contribution in [3.05, 3.63) is 48.0 Å². The number of piperidine rings is 1. The van der Waals surface area contributed by atoms with Gasteiger partial charge in [-0.2, -0.15) is 10.4 Å². The highest BCUT2D eigenvalue weighted by Crippen LogP contribution is 2.29. The molecule has 2 aromatic rings. The maximum absolute atomic E-state index is 13.1. The maximum atomic E-state index is 13.1. The predicted molar refractivity (Wildman–Crippen MR) is 89.1 cm³/mol. The molecule has 0 aliphatic carbocycles. The van der Waals surface area contributed by atoms with Gasteiger partial charge >= 0.3 is 0 Å². The molecule has 0 saturated carbocycles. The molecular weight excluding hydrogens is 302 g/mol. The summed E-state index contributed by atoms with van der Waals surface area (Å²) in [6.07, 6.45) is 5.18. The molecule has 3 rings (SSSR count). The number of amides is 1. The largest absolute Gasteiger partial charge is 0.340 e. The van der Waals surface area contributed by atoms with E-state index in [2.05, 4.69) is 16.2 Å². The molecule has 0 unspecified atom stereocenters. The minimum Gasteiger partial charge on any atom is -0.340 e. The topological polar surface area (TPSA) is 74.8 Å². The molecule has 1 atom stereocenters. The molecule has 0 N–H and O–H groups in total. The van der Waals surface area contributed by atoms with Crippen LogP contribution in [0.3, 0.4) is 0 Å². The molecule has 2 heterocycles. The molecule has 1 aliphatic heterocycles. The normalized spacial score (nSPS) is 18.2. The van der Waals surface area contributed by atoms with E-state index in [9.17, 15) is 4.79 Å². The summed E-state index contributed by atoms with van der Waals surface area (Å²) in [5.74, 6) is 0.0856. The summed E-state index contributed by atoms with van der Waals surface area (Å²) in [6.45, 7) is 5.24. The van der Waals surface area contributed by atoms with Gasteiger partial charge < -0.3 is 4.90 Å². The monoisotopic (exact) mass is 323 g/mol. The number of carbonyl (C=O) groups excluding carboxylic acids is 1. The molecule has 1 amide bonds. The van der Waals surface area contributed by atoms with Gasteiger partial charge in [0.1, 0.15) is 12.7 Å². The lowest BCUT2D eigenvalue weighted by molar-refractivity contribution is -0.138. The van der Waals surface area contributed by atoms with Crippen LogP contribution in [-0.4, -0.2) is 38.7 Å². The Bertz CT molecular complexity index is 760. The van der Waals surface area contributed by atoms with Crippen molar-refractivity contribution in [3.8, 4) is 6.07 Å². The molecule has 6 heteroatoms. The van der Waals surface area contributed by atoms with Gasteiger partial charge in [0.25, 0.3) is 0 Å². The van der Waals surface area contributed by atoms with Crippen LogP contribution in [0.25, 0.3) is 0 Å². The fourth-order valence-corrected chi connectivity index (χ4v) is 3.26. The van der Waals surface area contributed by atoms with Crippen molar-refractivity contribution in [2.45, 2.75) is 38.1 Å². The average molecular weight is 323 g/mol. The zero-order chi connectivity index (χ0) is 17.2. The molecular formula is C18H21N5O. The lowest BCUT2D eigenvalue weighted by Crippen LogP contribution is -2.48. The first-order valence-corrected chi connectivity index (χ1v) is 8.16. The summed E-state index contributed by atoms with van der Waals surface area (Å²) in [7, 11) is 0. The van der Waals surface area contributed by atoms with Crippen LogP contribution in [0.15, 0.2) is 36.9 Å². The summed E-state index contributed by atoms with van der Waals surface area (Å²) in [4.78, 5) is 19.0. The molecule has 1 aliphatic rings. The number of aromatic nitrogens is 3. The molecule has 0 spiro atoms. The summed E-state index contributed by atoms with van der Waals surface area (Å²) in [5.41, 5.74) is 0.777. The Morgan fingerprint density at radius 1 is 1.42 bits per heavy atom. The second kappa shape index (κ2) is 6.44. The Balaban J connectivity index is 1.80. The van der Waals surface area contributed by atoms with Gasteiger partial charge in [-0.05, 0) is 44.4 Å². The van der Waals surface area contributed by atoms with E-state index in [4.69, 9.17) is 5.26 Å². The Labute approximate surface area is 141 Å². The maximum Gasteiger partial charge on any atom is 0.232 e. The summed E-state index contributed by atoms with van der Waals surface area (Å²) < 4.78 is 1.84. The third-order valence-electron chi connectivity index (χ3n) is 4.74. The van der Waals surface area contributed by atoms with Crippen LogP contribution < -0.4 is 0 Å². The molecule has 1 aromatic heterocycles. The number of hydrogen-bond acceptors (Lipinski definition) is 4. The summed E-state index contributed by atoms with van der Waals surface area (Å²) in [6, 6.07) is 9.62. The van der Waals surface area contributed by atoms with E-state index in [0.717, 1.165) is 24.9 Å². The average Bonchev–Trinajstić information content (AvgIpc) is 3.16. The zero-order valence-corrected chi connectivity index (χ0v) is 14.0. The van der Waals surface area contributed by atoms with E-state index >= 15 is 0 Å². The van der Waals surface area contributed by atoms with Crippen LogP contribution in [-0.2, 0) is 10.2 Å². The van der Waals surface area contributed by atoms with Gasteiger partial charge in [0.05, 0.1) is 23.1 Å². The van der Waals surface area contributed by atoms with Crippen LogP contribution in [0, 0.1) is 11.3 Å². The van der Waals surface area contributed by atoms with Crippen molar-refractivity contribution in [2.75, 3.05) is 13.1 Å². The highest BCUT2D eigenvalue weighted by molar-refractivity contribution is 5.87. The van der Waals surface area contributed by atoms with Crippen LogP contribution in [0.2, 0.25) is 0 Å². The molecule has 0 bridgehead atoms. The van der Waals surface area contributed by atoms with Gasteiger partial charge in [-0.1, -0.05) is 12.1 Å². The number of carbonyl (C=O) groups is 1. The Morgan fingerprint density at radius 2 is 2.25 bits per heavy atom. The van der Waals surface area contributed by atoms with E-state index in [-0.39, 0.29) is 11.9 Å². The molecule has 0 radical (unpaired) electrons. The molecule has 124 valence electrons. The van der Waals surface area contributed by atoms with Crippen molar-refractivity contribution in [3.63, 3.8) is 0 Å². The molecule has 1 aromatic carbocycles. The number of benzene rings is 1. The van der Waals surface area contributed by atoms with Crippen LogP contribution in [0.5, 0.6) is 0 Å². The van der Waals surface area contributed by atoms with Gasteiger partial charge in [0, 0.05) is 13.1 Å². The minimum absolute atomic E-state index is 0.0856. The fourth-order valence-electron chi connectivity index (χ4n) is 3.26. The Kier molecular flexibility index (Phi) is 4.34. The van der Waals surface area contributed by atoms with Gasteiger partial charge in [0.2, 0.25) is 5.91 Å². The van der Waals surface area contributed by atoms with Gasteiger partial charge in [0.15, 0.2) is 0 Å². The van der Waals surface area contributed by atoms with Crippen molar-refractivity contribution < 1.29 is 4.79 Å². The van der Waals surface area contributed by atoms with Crippen molar-refractivity contribution in [2.24, 2.45) is 0 Å². The van der Waals surface area contributed by atoms with Gasteiger partial charge in [-0.15, -0.1) is 0 Å². The highest BCUT2D eigenvalue weighted by Gasteiger charge is 2.36. The van der Waals surface area contributed by atoms with Crippen LogP contribution in [0.4, 0.5) is 0 Å². The first kappa shape index (κ1) is 16.2. The predicted octanol–water partition coefficient (Wildman–Crippen LogP) is 2.29. The van der Waals surface area contributed by atoms with Crippen LogP contribution in [0.1, 0.15) is 43.9 Å². The quantitative estimate of drug-likeness (QED) is 0.868. The smallest absolute Gasteiger partial charge is 0.232 e. The molecule has 1 saturated heterocycles. The number of hydrogen-bond donors (Lipinski definition) is 0. The first-order valence-electron chi connectivity index (χ1n) is 8.16. The minimum atomic E-state index is -0.670. The highest BCUT2D eigenvalue weighted by atomic mass is 16.2. The van der Waals surface area contributed by atoms with E-state index in [1.807, 2.05) is 35.6 Å². The van der Waals surface area contributed by atoms with Crippen LogP contribution >= 0.6 is 0 Å². The summed E-state index contributed by atoms with van der Waals surface area (Å²) >= 11 is 0. The van der Waals surface area contributed by atoms with Crippen molar-refractivity contribution in [1.82, 2.24) is 19.7 Å². The molecule has 24 heavy (non-hydrogen) atoms. The SMILES string of the molecule is CC(C)(C(=O)N1CCC[C@@H](n2cncn2)C1)c1cccc(C#N)c1. The van der Waals surface area contributed by atoms with Gasteiger partial charge in [-0.25, -0.2) is 9.67 Å². The molecule has 1 fully saturated rings. The number of rotatable bonds is 3. The third-order valence-corrected chi connectivity index (χ3v) is 4.74. The lowest BCUT2D eigenvalue weighted by Gasteiger charge is -2.37. The van der Waals surface area contributed by atoms with E-state index in [0.29, 0.717) is 12.1 Å².